The van der Waals surface area contributed by atoms with Gasteiger partial charge in [-0.3, -0.25) is 8.80 Å². The van der Waals surface area contributed by atoms with Crippen molar-refractivity contribution in [2.24, 2.45) is 0 Å². The Hall–Kier alpha value is -3.22. The Bertz CT molecular complexity index is 1290. The number of nitrogens with zero attached hydrogens (tertiary/aromatic N) is 4. The molecule has 0 unspecified atom stereocenters. The first kappa shape index (κ1) is 15.8. The second-order valence-electron chi connectivity index (χ2n) is 6.46. The van der Waals surface area contributed by atoms with E-state index >= 15 is 0 Å². The highest BCUT2D eigenvalue weighted by atomic mass is 32.1. The van der Waals surface area contributed by atoms with Crippen LogP contribution in [0.3, 0.4) is 0 Å². The van der Waals surface area contributed by atoms with Gasteiger partial charge >= 0.3 is 0 Å². The molecule has 4 nitrogen and oxygen atoms in total. The fourth-order valence-corrected chi connectivity index (χ4v) is 5.05. The maximum absolute atomic E-state index is 4.97. The van der Waals surface area contributed by atoms with Gasteiger partial charge in [-0.15, -0.1) is 22.7 Å². The van der Waals surface area contributed by atoms with Gasteiger partial charge in [-0.05, 0) is 0 Å². The molecule has 0 spiro atoms. The zero-order valence-electron chi connectivity index (χ0n) is 14.7. The van der Waals surface area contributed by atoms with Gasteiger partial charge in [-0.25, -0.2) is 9.97 Å². The first-order valence-electron chi connectivity index (χ1n) is 8.92. The van der Waals surface area contributed by atoms with Crippen molar-refractivity contribution < 1.29 is 0 Å². The van der Waals surface area contributed by atoms with Crippen molar-refractivity contribution in [3.05, 3.63) is 83.8 Å². The van der Waals surface area contributed by atoms with Gasteiger partial charge in [0.05, 0.1) is 11.4 Å². The Labute approximate surface area is 169 Å². The van der Waals surface area contributed by atoms with Gasteiger partial charge < -0.3 is 0 Å². The summed E-state index contributed by atoms with van der Waals surface area (Å²) in [4.78, 5) is 11.9. The lowest BCUT2D eigenvalue weighted by molar-refractivity contribution is 1.17. The number of thiazole rings is 2. The van der Waals surface area contributed by atoms with E-state index in [9.17, 15) is 0 Å². The molecule has 0 saturated carbocycles. The minimum absolute atomic E-state index is 0.984. The van der Waals surface area contributed by atoms with Gasteiger partial charge in [-0.1, -0.05) is 60.7 Å². The van der Waals surface area contributed by atoms with Gasteiger partial charge in [0.1, 0.15) is 11.4 Å². The molecule has 0 aliphatic rings. The van der Waals surface area contributed by atoms with E-state index in [0.717, 1.165) is 43.8 Å². The van der Waals surface area contributed by atoms with Crippen molar-refractivity contribution in [3.63, 3.8) is 0 Å². The summed E-state index contributed by atoms with van der Waals surface area (Å²) >= 11 is 3.30. The highest BCUT2D eigenvalue weighted by Gasteiger charge is 2.24. The molecular weight excluding hydrogens is 384 g/mol. The molecule has 2 aromatic carbocycles. The predicted octanol–water partition coefficient (Wildman–Crippen LogP) is 6.11. The molecular formula is C22H14N4S2. The van der Waals surface area contributed by atoms with Crippen LogP contribution in [-0.2, 0) is 0 Å². The van der Waals surface area contributed by atoms with Gasteiger partial charge in [0.15, 0.2) is 9.92 Å². The zero-order chi connectivity index (χ0) is 18.5. The summed E-state index contributed by atoms with van der Waals surface area (Å²) in [5.74, 6) is 0. The van der Waals surface area contributed by atoms with Crippen molar-refractivity contribution in [2.45, 2.75) is 0 Å². The van der Waals surface area contributed by atoms with Gasteiger partial charge in [0.2, 0.25) is 0 Å². The van der Waals surface area contributed by atoms with Gasteiger partial charge in [0.25, 0.3) is 0 Å². The Morgan fingerprint density at radius 1 is 0.571 bits per heavy atom. The SMILES string of the molecule is c1ccc(-c2nc3sccn3c2-c2c(-c3ccccc3)nc3sccn23)cc1. The fraction of sp³-hybridized carbons (Fsp3) is 0. The van der Waals surface area contributed by atoms with E-state index in [2.05, 4.69) is 80.5 Å². The molecule has 0 bridgehead atoms. The third kappa shape index (κ3) is 2.28. The molecule has 0 atom stereocenters. The van der Waals surface area contributed by atoms with Crippen LogP contribution in [0.4, 0.5) is 0 Å². The van der Waals surface area contributed by atoms with E-state index in [1.165, 1.54) is 0 Å². The minimum atomic E-state index is 0.984. The lowest BCUT2D eigenvalue weighted by Crippen LogP contribution is -1.93. The van der Waals surface area contributed by atoms with E-state index in [0.29, 0.717) is 0 Å². The fourth-order valence-electron chi connectivity index (χ4n) is 3.62. The highest BCUT2D eigenvalue weighted by Crippen LogP contribution is 2.40. The van der Waals surface area contributed by atoms with Crippen LogP contribution in [0.5, 0.6) is 0 Å². The van der Waals surface area contributed by atoms with E-state index < -0.39 is 0 Å². The van der Waals surface area contributed by atoms with Gasteiger partial charge in [-0.2, -0.15) is 0 Å². The van der Waals surface area contributed by atoms with Crippen LogP contribution in [0.15, 0.2) is 83.8 Å². The van der Waals surface area contributed by atoms with Crippen molar-refractivity contribution in [1.82, 2.24) is 18.8 Å². The van der Waals surface area contributed by atoms with Crippen molar-refractivity contribution in [1.29, 1.82) is 0 Å². The number of hydrogen-bond acceptors (Lipinski definition) is 4. The third-order valence-electron chi connectivity index (χ3n) is 4.84. The monoisotopic (exact) mass is 398 g/mol. The van der Waals surface area contributed by atoms with Crippen molar-refractivity contribution in [3.8, 4) is 33.9 Å². The maximum Gasteiger partial charge on any atom is 0.194 e. The van der Waals surface area contributed by atoms with Crippen LogP contribution in [0.2, 0.25) is 0 Å². The molecule has 28 heavy (non-hydrogen) atoms. The number of rotatable bonds is 3. The van der Waals surface area contributed by atoms with Crippen LogP contribution in [0.1, 0.15) is 0 Å². The molecule has 4 heterocycles. The normalized spacial score (nSPS) is 11.6. The summed E-state index contributed by atoms with van der Waals surface area (Å²) in [5.41, 5.74) is 6.34. The Morgan fingerprint density at radius 2 is 1.00 bits per heavy atom. The number of aromatic nitrogens is 4. The summed E-state index contributed by atoms with van der Waals surface area (Å²) in [6.45, 7) is 0. The number of imidazole rings is 2. The molecule has 0 amide bonds. The van der Waals surface area contributed by atoms with E-state index in [1.54, 1.807) is 22.7 Å². The van der Waals surface area contributed by atoms with E-state index in [4.69, 9.17) is 9.97 Å². The Balaban J connectivity index is 1.74. The third-order valence-corrected chi connectivity index (χ3v) is 6.36. The average molecular weight is 399 g/mol. The van der Waals surface area contributed by atoms with Crippen LogP contribution in [0.25, 0.3) is 43.8 Å². The minimum Gasteiger partial charge on any atom is -0.288 e. The quantitative estimate of drug-likeness (QED) is 0.361. The number of fused-ring (bicyclic) bond motifs is 2. The summed E-state index contributed by atoms with van der Waals surface area (Å²) in [6.07, 6.45) is 4.19. The zero-order valence-corrected chi connectivity index (χ0v) is 16.3. The van der Waals surface area contributed by atoms with Crippen LogP contribution < -0.4 is 0 Å². The second-order valence-corrected chi connectivity index (χ2v) is 8.21. The second kappa shape index (κ2) is 6.15. The van der Waals surface area contributed by atoms with Gasteiger partial charge in [0, 0.05) is 34.3 Å². The smallest absolute Gasteiger partial charge is 0.194 e. The first-order valence-corrected chi connectivity index (χ1v) is 10.7. The summed E-state index contributed by atoms with van der Waals surface area (Å²) in [7, 11) is 0. The molecule has 134 valence electrons. The maximum atomic E-state index is 4.97. The molecule has 6 aromatic rings. The van der Waals surface area contributed by atoms with E-state index in [1.807, 2.05) is 12.1 Å². The standard InChI is InChI=1S/C22H14N4S2/c1-3-7-15(8-4-1)17-19(25-11-13-27-21(25)23-17)20-18(16-9-5-2-6-10-16)24-22-26(20)12-14-28-22/h1-14H. The average Bonchev–Trinajstić information content (AvgIpc) is 3.50. The highest BCUT2D eigenvalue weighted by molar-refractivity contribution is 7.15. The Morgan fingerprint density at radius 3 is 1.43 bits per heavy atom. The lowest BCUT2D eigenvalue weighted by Gasteiger charge is -2.07. The summed E-state index contributed by atoms with van der Waals surface area (Å²) < 4.78 is 4.36. The van der Waals surface area contributed by atoms with Crippen molar-refractivity contribution >= 4 is 32.6 Å². The van der Waals surface area contributed by atoms with Crippen molar-refractivity contribution in [2.75, 3.05) is 0 Å². The molecule has 0 N–H and O–H groups in total. The molecule has 0 aliphatic heterocycles. The molecule has 4 aromatic heterocycles. The Kier molecular flexibility index (Phi) is 3.47. The first-order chi connectivity index (χ1) is 13.9. The largest absolute Gasteiger partial charge is 0.288 e. The molecule has 6 heteroatoms. The van der Waals surface area contributed by atoms with Crippen LogP contribution in [0, 0.1) is 0 Å². The molecule has 0 radical (unpaired) electrons. The molecule has 0 saturated heterocycles. The number of hydrogen-bond donors (Lipinski definition) is 0. The van der Waals surface area contributed by atoms with E-state index in [-0.39, 0.29) is 0 Å². The van der Waals surface area contributed by atoms with Crippen LogP contribution >= 0.6 is 22.7 Å². The summed E-state index contributed by atoms with van der Waals surface area (Å²) in [6, 6.07) is 20.8. The molecule has 0 fully saturated rings. The summed E-state index contributed by atoms with van der Waals surface area (Å²) in [5, 5.41) is 4.16. The van der Waals surface area contributed by atoms with Crippen LogP contribution in [-0.4, -0.2) is 18.8 Å². The lowest BCUT2D eigenvalue weighted by atomic mass is 10.0. The predicted molar refractivity (Wildman–Crippen MR) is 116 cm³/mol. The topological polar surface area (TPSA) is 34.6 Å². The molecule has 0 aliphatic carbocycles. The molecule has 6 rings (SSSR count). The number of benzene rings is 2.